The van der Waals surface area contributed by atoms with E-state index in [0.717, 1.165) is 0 Å². The Bertz CT molecular complexity index is 1070. The highest BCUT2D eigenvalue weighted by molar-refractivity contribution is 7.93. The molecule has 0 saturated carbocycles. The molecule has 1 aromatic heterocycles. The summed E-state index contributed by atoms with van der Waals surface area (Å²) in [5.41, 5.74) is 0.903. The van der Waals surface area contributed by atoms with Gasteiger partial charge in [0.05, 0.1) is 17.0 Å². The van der Waals surface area contributed by atoms with Crippen LogP contribution in [0.5, 0.6) is 0 Å². The molecule has 0 fully saturated rings. The normalized spacial score (nSPS) is 11.2. The van der Waals surface area contributed by atoms with Crippen molar-refractivity contribution in [1.82, 2.24) is 0 Å². The van der Waals surface area contributed by atoms with Crippen LogP contribution in [0.1, 0.15) is 19.1 Å². The average Bonchev–Trinajstić information content (AvgIpc) is 3.23. The van der Waals surface area contributed by atoms with Crippen molar-refractivity contribution in [2.75, 3.05) is 16.2 Å². The number of hydrogen-bond acceptors (Lipinski definition) is 4. The van der Waals surface area contributed by atoms with Gasteiger partial charge >= 0.3 is 0 Å². The van der Waals surface area contributed by atoms with Gasteiger partial charge in [0.2, 0.25) is 5.91 Å². The maximum Gasteiger partial charge on any atom is 0.265 e. The standard InChI is InChI=1S/C21H21ClN2O4S/c1-2-24(17-7-4-3-5-8-17)29(26,27)20-15-16(10-12-19(20)22)23-21(25)13-11-18-9-6-14-28-18/h3-10,12,14-15H,2,11,13H2,1H3,(H,23,25). The van der Waals surface area contributed by atoms with E-state index < -0.39 is 10.0 Å². The Morgan fingerprint density at radius 2 is 1.86 bits per heavy atom. The molecule has 0 bridgehead atoms. The second-order valence-electron chi connectivity index (χ2n) is 6.28. The summed E-state index contributed by atoms with van der Waals surface area (Å²) in [5, 5.41) is 2.81. The molecule has 1 N–H and O–H groups in total. The van der Waals surface area contributed by atoms with Crippen LogP contribution in [0.25, 0.3) is 0 Å². The van der Waals surface area contributed by atoms with Gasteiger partial charge in [-0.05, 0) is 49.4 Å². The number of benzene rings is 2. The van der Waals surface area contributed by atoms with Crippen LogP contribution in [0.4, 0.5) is 11.4 Å². The zero-order valence-corrected chi connectivity index (χ0v) is 17.4. The van der Waals surface area contributed by atoms with Crippen LogP contribution in [0, 0.1) is 0 Å². The van der Waals surface area contributed by atoms with E-state index in [-0.39, 0.29) is 28.8 Å². The van der Waals surface area contributed by atoms with E-state index in [1.54, 1.807) is 55.7 Å². The van der Waals surface area contributed by atoms with E-state index in [9.17, 15) is 13.2 Å². The number of amides is 1. The van der Waals surface area contributed by atoms with Crippen LogP contribution in [-0.4, -0.2) is 20.9 Å². The number of sulfonamides is 1. The predicted molar refractivity (Wildman–Crippen MR) is 114 cm³/mol. The van der Waals surface area contributed by atoms with E-state index in [1.165, 1.54) is 16.4 Å². The lowest BCUT2D eigenvalue weighted by Gasteiger charge is -2.23. The second-order valence-corrected chi connectivity index (χ2v) is 8.52. The molecular weight excluding hydrogens is 412 g/mol. The minimum Gasteiger partial charge on any atom is -0.469 e. The Balaban J connectivity index is 1.81. The fourth-order valence-corrected chi connectivity index (χ4v) is 4.88. The van der Waals surface area contributed by atoms with Gasteiger partial charge in [0, 0.05) is 25.1 Å². The van der Waals surface area contributed by atoms with Gasteiger partial charge in [0.25, 0.3) is 10.0 Å². The zero-order valence-electron chi connectivity index (χ0n) is 15.8. The molecule has 152 valence electrons. The molecular formula is C21H21ClN2O4S. The highest BCUT2D eigenvalue weighted by Gasteiger charge is 2.26. The van der Waals surface area contributed by atoms with Crippen molar-refractivity contribution in [1.29, 1.82) is 0 Å². The monoisotopic (exact) mass is 432 g/mol. The van der Waals surface area contributed by atoms with Crippen LogP contribution < -0.4 is 9.62 Å². The molecule has 8 heteroatoms. The van der Waals surface area contributed by atoms with E-state index in [1.807, 2.05) is 6.07 Å². The van der Waals surface area contributed by atoms with Gasteiger partial charge in [0.1, 0.15) is 10.7 Å². The minimum absolute atomic E-state index is 0.0614. The van der Waals surface area contributed by atoms with Gasteiger partial charge in [0.15, 0.2) is 0 Å². The number of nitrogens with one attached hydrogen (secondary N) is 1. The van der Waals surface area contributed by atoms with Crippen molar-refractivity contribution in [2.24, 2.45) is 0 Å². The van der Waals surface area contributed by atoms with E-state index >= 15 is 0 Å². The van der Waals surface area contributed by atoms with Crippen molar-refractivity contribution >= 4 is 38.9 Å². The summed E-state index contributed by atoms with van der Waals surface area (Å²) in [5.74, 6) is 0.462. The first-order chi connectivity index (χ1) is 13.9. The van der Waals surface area contributed by atoms with Gasteiger partial charge in [-0.2, -0.15) is 0 Å². The third-order valence-corrected chi connectivity index (χ3v) is 6.68. The van der Waals surface area contributed by atoms with E-state index in [4.69, 9.17) is 16.0 Å². The lowest BCUT2D eigenvalue weighted by molar-refractivity contribution is -0.116. The number of halogens is 1. The summed E-state index contributed by atoms with van der Waals surface area (Å²) in [6.07, 6.45) is 2.22. The van der Waals surface area contributed by atoms with Crippen LogP contribution in [0.15, 0.2) is 76.2 Å². The summed E-state index contributed by atoms with van der Waals surface area (Å²) in [6, 6.07) is 16.8. The fraction of sp³-hybridized carbons (Fsp3) is 0.190. The highest BCUT2D eigenvalue weighted by Crippen LogP contribution is 2.30. The molecule has 6 nitrogen and oxygen atoms in total. The number of nitrogens with zero attached hydrogens (tertiary/aromatic N) is 1. The Morgan fingerprint density at radius 3 is 2.52 bits per heavy atom. The number of rotatable bonds is 8. The van der Waals surface area contributed by atoms with E-state index in [0.29, 0.717) is 23.6 Å². The van der Waals surface area contributed by atoms with Crippen molar-refractivity contribution < 1.29 is 17.6 Å². The maximum absolute atomic E-state index is 13.2. The number of aryl methyl sites for hydroxylation is 1. The molecule has 0 radical (unpaired) electrons. The van der Waals surface area contributed by atoms with Crippen LogP contribution >= 0.6 is 11.6 Å². The number of hydrogen-bond donors (Lipinski definition) is 1. The maximum atomic E-state index is 13.2. The first kappa shape index (κ1) is 21.0. The lowest BCUT2D eigenvalue weighted by Crippen LogP contribution is -2.31. The van der Waals surface area contributed by atoms with Crippen molar-refractivity contribution in [3.8, 4) is 0 Å². The Morgan fingerprint density at radius 1 is 1.10 bits per heavy atom. The fourth-order valence-electron chi connectivity index (χ4n) is 2.90. The molecule has 0 atom stereocenters. The summed E-state index contributed by atoms with van der Waals surface area (Å²) in [7, 11) is -3.91. The first-order valence-electron chi connectivity index (χ1n) is 9.11. The molecule has 0 unspecified atom stereocenters. The number of para-hydroxylation sites is 1. The SMILES string of the molecule is CCN(c1ccccc1)S(=O)(=O)c1cc(NC(=O)CCc2ccco2)ccc1Cl. The van der Waals surface area contributed by atoms with Gasteiger partial charge in [-0.3, -0.25) is 9.10 Å². The van der Waals surface area contributed by atoms with Crippen LogP contribution in [-0.2, 0) is 21.2 Å². The smallest absolute Gasteiger partial charge is 0.265 e. The third kappa shape index (κ3) is 4.99. The summed E-state index contributed by atoms with van der Waals surface area (Å²) in [6.45, 7) is 1.99. The van der Waals surface area contributed by atoms with E-state index in [2.05, 4.69) is 5.32 Å². The third-order valence-electron chi connectivity index (χ3n) is 4.29. The summed E-state index contributed by atoms with van der Waals surface area (Å²) >= 11 is 6.20. The highest BCUT2D eigenvalue weighted by atomic mass is 35.5. The van der Waals surface area contributed by atoms with Gasteiger partial charge in [-0.1, -0.05) is 29.8 Å². The molecule has 0 aliphatic heterocycles. The topological polar surface area (TPSA) is 79.6 Å². The van der Waals surface area contributed by atoms with Gasteiger partial charge in [-0.15, -0.1) is 0 Å². The van der Waals surface area contributed by atoms with Crippen molar-refractivity contribution in [2.45, 2.75) is 24.7 Å². The quantitative estimate of drug-likeness (QED) is 0.558. The first-order valence-corrected chi connectivity index (χ1v) is 10.9. The largest absolute Gasteiger partial charge is 0.469 e. The second kappa shape index (κ2) is 9.15. The summed E-state index contributed by atoms with van der Waals surface area (Å²) in [4.78, 5) is 12.2. The number of furan rings is 1. The lowest BCUT2D eigenvalue weighted by atomic mass is 10.2. The molecule has 3 aromatic rings. The van der Waals surface area contributed by atoms with Crippen LogP contribution in [0.3, 0.4) is 0 Å². The van der Waals surface area contributed by atoms with Gasteiger partial charge < -0.3 is 9.73 Å². The molecule has 0 spiro atoms. The minimum atomic E-state index is -3.91. The molecule has 0 aliphatic rings. The zero-order chi connectivity index (χ0) is 20.9. The Labute approximate surface area is 175 Å². The Hall–Kier alpha value is -2.77. The Kier molecular flexibility index (Phi) is 6.61. The van der Waals surface area contributed by atoms with Crippen LogP contribution in [0.2, 0.25) is 5.02 Å². The molecule has 1 heterocycles. The number of carbonyl (C=O) groups excluding carboxylic acids is 1. The summed E-state index contributed by atoms with van der Waals surface area (Å²) < 4.78 is 32.9. The van der Waals surface area contributed by atoms with Gasteiger partial charge in [-0.25, -0.2) is 8.42 Å². The van der Waals surface area contributed by atoms with Crippen molar-refractivity contribution in [3.05, 3.63) is 77.7 Å². The molecule has 0 saturated heterocycles. The molecule has 3 rings (SSSR count). The molecule has 0 aliphatic carbocycles. The molecule has 29 heavy (non-hydrogen) atoms. The number of anilines is 2. The number of carbonyl (C=O) groups is 1. The van der Waals surface area contributed by atoms with Crippen molar-refractivity contribution in [3.63, 3.8) is 0 Å². The molecule has 1 amide bonds. The predicted octanol–water partition coefficient (Wildman–Crippen LogP) is 4.72. The molecule has 2 aromatic carbocycles. The average molecular weight is 433 g/mol.